The number of aromatic amines is 2. The van der Waals surface area contributed by atoms with Crippen molar-refractivity contribution in [3.05, 3.63) is 52.9 Å². The molecule has 2 heterocycles. The molecule has 4 aromatic rings. The summed E-state index contributed by atoms with van der Waals surface area (Å²) >= 11 is 0.298. The molecule has 3 N–H and O–H groups in total. The maximum Gasteiger partial charge on any atom is 0.323 e. The van der Waals surface area contributed by atoms with E-state index in [9.17, 15) is 18.4 Å². The summed E-state index contributed by atoms with van der Waals surface area (Å²) in [7, 11) is 0. The summed E-state index contributed by atoms with van der Waals surface area (Å²) in [5.41, 5.74) is 2.46. The molecule has 4 rings (SSSR count). The monoisotopic (exact) mass is 389 g/mol. The molecule has 0 atom stereocenters. The van der Waals surface area contributed by atoms with Gasteiger partial charge in [-0.2, -0.15) is 8.78 Å². The van der Waals surface area contributed by atoms with Crippen LogP contribution in [-0.2, 0) is 11.3 Å². The van der Waals surface area contributed by atoms with Crippen LogP contribution in [0.2, 0.25) is 0 Å². The minimum Gasteiger partial charge on any atom is -0.324 e. The van der Waals surface area contributed by atoms with Crippen LogP contribution in [0.15, 0.2) is 52.4 Å². The minimum atomic E-state index is -2.64. The molecule has 0 saturated carbocycles. The second-order valence-corrected chi connectivity index (χ2v) is 6.69. The maximum absolute atomic E-state index is 12.8. The van der Waals surface area contributed by atoms with Crippen LogP contribution in [0, 0.1) is 0 Å². The second-order valence-electron chi connectivity index (χ2n) is 5.74. The van der Waals surface area contributed by atoms with E-state index in [0.717, 1.165) is 0 Å². The van der Waals surface area contributed by atoms with Crippen molar-refractivity contribution in [2.45, 2.75) is 17.5 Å². The highest BCUT2D eigenvalue weighted by Gasteiger charge is 2.18. The molecule has 138 valence electrons. The van der Waals surface area contributed by atoms with Gasteiger partial charge in [0.25, 0.3) is 5.76 Å². The Kier molecular flexibility index (Phi) is 4.40. The first-order valence-electron chi connectivity index (χ1n) is 7.91. The lowest BCUT2D eigenvalue weighted by atomic mass is 10.2. The zero-order valence-electron chi connectivity index (χ0n) is 13.7. The van der Waals surface area contributed by atoms with Crippen molar-refractivity contribution < 1.29 is 13.6 Å². The molecule has 0 aliphatic carbocycles. The van der Waals surface area contributed by atoms with Crippen LogP contribution >= 0.6 is 11.8 Å². The molecular formula is C17H13F2N5O2S. The highest BCUT2D eigenvalue weighted by Crippen LogP contribution is 2.28. The molecular weight excluding hydrogens is 376 g/mol. The van der Waals surface area contributed by atoms with Crippen molar-refractivity contribution in [1.29, 1.82) is 0 Å². The number of amides is 1. The minimum absolute atomic E-state index is 0.0757. The number of benzene rings is 2. The fourth-order valence-corrected chi connectivity index (χ4v) is 3.43. The van der Waals surface area contributed by atoms with Crippen LogP contribution in [-0.4, -0.2) is 31.2 Å². The second kappa shape index (κ2) is 6.88. The zero-order chi connectivity index (χ0) is 19.0. The maximum atomic E-state index is 12.8. The largest absolute Gasteiger partial charge is 0.324 e. The first-order chi connectivity index (χ1) is 13.0. The molecule has 27 heavy (non-hydrogen) atoms. The molecule has 0 fully saturated rings. The third-order valence-corrected chi connectivity index (χ3v) is 4.62. The summed E-state index contributed by atoms with van der Waals surface area (Å²) in [5, 5.41) is 2.78. The summed E-state index contributed by atoms with van der Waals surface area (Å²) in [6.07, 6.45) is 0. The van der Waals surface area contributed by atoms with E-state index in [-0.39, 0.29) is 17.4 Å². The number of anilines is 1. The molecule has 7 nitrogen and oxygen atoms in total. The Hall–Kier alpha value is -3.14. The van der Waals surface area contributed by atoms with Gasteiger partial charge in [0, 0.05) is 5.69 Å². The number of carbonyl (C=O) groups is 1. The van der Waals surface area contributed by atoms with Crippen LogP contribution in [0.25, 0.3) is 22.1 Å². The number of hydrogen-bond donors (Lipinski definition) is 3. The van der Waals surface area contributed by atoms with Gasteiger partial charge in [0.05, 0.1) is 22.1 Å². The number of fused-ring (bicyclic) bond motifs is 2. The molecule has 2 aromatic carbocycles. The summed E-state index contributed by atoms with van der Waals surface area (Å²) < 4.78 is 27.1. The average Bonchev–Trinajstić information content (AvgIpc) is 3.14. The smallest absolute Gasteiger partial charge is 0.323 e. The summed E-state index contributed by atoms with van der Waals surface area (Å²) in [5.74, 6) is -3.04. The Morgan fingerprint density at radius 1 is 1.19 bits per heavy atom. The van der Waals surface area contributed by atoms with Gasteiger partial charge in [-0.3, -0.25) is 4.79 Å². The molecule has 0 spiro atoms. The number of halogens is 2. The van der Waals surface area contributed by atoms with Gasteiger partial charge >= 0.3 is 5.69 Å². The van der Waals surface area contributed by atoms with Crippen molar-refractivity contribution >= 4 is 45.4 Å². The van der Waals surface area contributed by atoms with Gasteiger partial charge in [-0.05, 0) is 42.1 Å². The van der Waals surface area contributed by atoms with Gasteiger partial charge in [0.15, 0.2) is 5.16 Å². The predicted molar refractivity (Wildman–Crippen MR) is 99.1 cm³/mol. The van der Waals surface area contributed by atoms with Gasteiger partial charge in [0.1, 0.15) is 6.54 Å². The van der Waals surface area contributed by atoms with Crippen molar-refractivity contribution in [3.8, 4) is 0 Å². The normalized spacial score (nSPS) is 11.5. The SMILES string of the molecule is O=C(Cn1c(SC(F)F)nc2ccccc21)Nc1ccc2[nH]c(=O)[nH]c2c1. The van der Waals surface area contributed by atoms with Gasteiger partial charge in [-0.15, -0.1) is 0 Å². The number of thioether (sulfide) groups is 1. The van der Waals surface area contributed by atoms with Crippen molar-refractivity contribution in [3.63, 3.8) is 0 Å². The summed E-state index contributed by atoms with van der Waals surface area (Å²) in [6.45, 7) is -0.169. The molecule has 0 aliphatic heterocycles. The first kappa shape index (κ1) is 17.3. The van der Waals surface area contributed by atoms with E-state index in [2.05, 4.69) is 20.3 Å². The number of nitrogens with one attached hydrogen (secondary N) is 3. The van der Waals surface area contributed by atoms with E-state index in [1.165, 1.54) is 4.57 Å². The molecule has 0 radical (unpaired) electrons. The third kappa shape index (κ3) is 3.56. The van der Waals surface area contributed by atoms with E-state index < -0.39 is 11.7 Å². The highest BCUT2D eigenvalue weighted by atomic mass is 32.2. The van der Waals surface area contributed by atoms with E-state index in [1.54, 1.807) is 42.5 Å². The van der Waals surface area contributed by atoms with Gasteiger partial charge < -0.3 is 19.9 Å². The van der Waals surface area contributed by atoms with E-state index in [0.29, 0.717) is 39.5 Å². The van der Waals surface area contributed by atoms with Crippen LogP contribution < -0.4 is 11.0 Å². The topological polar surface area (TPSA) is 95.6 Å². The Balaban J connectivity index is 1.60. The number of para-hydroxylation sites is 2. The molecule has 2 aromatic heterocycles. The lowest BCUT2D eigenvalue weighted by molar-refractivity contribution is -0.116. The highest BCUT2D eigenvalue weighted by molar-refractivity contribution is 7.99. The predicted octanol–water partition coefficient (Wildman–Crippen LogP) is 3.16. The van der Waals surface area contributed by atoms with Gasteiger partial charge in [-0.1, -0.05) is 12.1 Å². The molecule has 10 heteroatoms. The number of imidazole rings is 2. The zero-order valence-corrected chi connectivity index (χ0v) is 14.5. The number of carbonyl (C=O) groups excluding carboxylic acids is 1. The van der Waals surface area contributed by atoms with Gasteiger partial charge in [-0.25, -0.2) is 9.78 Å². The van der Waals surface area contributed by atoms with E-state index >= 15 is 0 Å². The molecule has 0 bridgehead atoms. The Morgan fingerprint density at radius 2 is 1.96 bits per heavy atom. The lowest BCUT2D eigenvalue weighted by Gasteiger charge is -2.09. The van der Waals surface area contributed by atoms with Crippen molar-refractivity contribution in [2.24, 2.45) is 0 Å². The van der Waals surface area contributed by atoms with Crippen LogP contribution in [0.1, 0.15) is 0 Å². The average molecular weight is 389 g/mol. The lowest BCUT2D eigenvalue weighted by Crippen LogP contribution is -2.19. The summed E-state index contributed by atoms with van der Waals surface area (Å²) in [4.78, 5) is 33.2. The van der Waals surface area contributed by atoms with Crippen LogP contribution in [0.5, 0.6) is 0 Å². The molecule has 1 amide bonds. The number of alkyl halides is 2. The summed E-state index contributed by atoms with van der Waals surface area (Å²) in [6, 6.07) is 11.9. The third-order valence-electron chi connectivity index (χ3n) is 3.92. The van der Waals surface area contributed by atoms with Gasteiger partial charge in [0.2, 0.25) is 5.91 Å². The number of hydrogen-bond acceptors (Lipinski definition) is 4. The number of aromatic nitrogens is 4. The van der Waals surface area contributed by atoms with E-state index in [1.807, 2.05) is 0 Å². The fourth-order valence-electron chi connectivity index (χ4n) is 2.83. The number of nitrogens with zero attached hydrogens (tertiary/aromatic N) is 2. The Labute approximate surface area is 154 Å². The van der Waals surface area contributed by atoms with Crippen LogP contribution in [0.3, 0.4) is 0 Å². The molecule has 0 unspecified atom stereocenters. The van der Waals surface area contributed by atoms with Crippen LogP contribution in [0.4, 0.5) is 14.5 Å². The quantitative estimate of drug-likeness (QED) is 0.457. The molecule has 0 aliphatic rings. The molecule has 0 saturated heterocycles. The van der Waals surface area contributed by atoms with Crippen molar-refractivity contribution in [2.75, 3.05) is 5.32 Å². The standard InChI is InChI=1S/C17H13F2N5O2S/c18-15(19)27-17-23-11-3-1-2-4-13(11)24(17)8-14(25)20-9-5-6-10-12(7-9)22-16(26)21-10/h1-7,15H,8H2,(H,20,25)(H2,21,22,26). The fraction of sp³-hybridized carbons (Fsp3) is 0.118. The number of H-pyrrole nitrogens is 2. The van der Waals surface area contributed by atoms with E-state index in [4.69, 9.17) is 0 Å². The first-order valence-corrected chi connectivity index (χ1v) is 8.79. The van der Waals surface area contributed by atoms with Crippen molar-refractivity contribution in [1.82, 2.24) is 19.5 Å². The Bertz CT molecular complexity index is 1200. The Morgan fingerprint density at radius 3 is 2.78 bits per heavy atom. The number of rotatable bonds is 5.